The number of nitrogens with one attached hydrogen (secondary N) is 1. The van der Waals surface area contributed by atoms with E-state index in [2.05, 4.69) is 20.3 Å². The van der Waals surface area contributed by atoms with E-state index in [1.165, 1.54) is 19.4 Å². The van der Waals surface area contributed by atoms with Gasteiger partial charge in [-0.05, 0) is 18.2 Å². The number of hydrogen-bond donors (Lipinski definition) is 1. The largest absolute Gasteiger partial charge is 0.480 e. The highest BCUT2D eigenvalue weighted by Crippen LogP contribution is 2.36. The molecule has 0 radical (unpaired) electrons. The first-order valence-corrected chi connectivity index (χ1v) is 10.8. The van der Waals surface area contributed by atoms with E-state index >= 15 is 0 Å². The van der Waals surface area contributed by atoms with E-state index in [0.29, 0.717) is 5.01 Å². The molecular weight excluding hydrogens is 504 g/mol. The molecule has 1 amide bonds. The number of ether oxygens (including phenoxy) is 1. The first-order valence-electron chi connectivity index (χ1n) is 9.22. The van der Waals surface area contributed by atoms with Gasteiger partial charge in [0.15, 0.2) is 5.78 Å². The maximum absolute atomic E-state index is 13.0. The number of benzene rings is 1. The zero-order chi connectivity index (χ0) is 24.3. The number of anilines is 1. The molecule has 1 N–H and O–H groups in total. The van der Waals surface area contributed by atoms with Crippen LogP contribution in [0.15, 0.2) is 30.7 Å². The van der Waals surface area contributed by atoms with Gasteiger partial charge in [0.1, 0.15) is 21.9 Å². The first-order chi connectivity index (χ1) is 15.5. The number of ketones is 1. The van der Waals surface area contributed by atoms with Gasteiger partial charge in [-0.3, -0.25) is 9.59 Å². The van der Waals surface area contributed by atoms with Gasteiger partial charge in [-0.2, -0.15) is 13.2 Å². The summed E-state index contributed by atoms with van der Waals surface area (Å²) in [6.07, 6.45) is -2.21. The summed E-state index contributed by atoms with van der Waals surface area (Å²) in [4.78, 5) is 37.1. The van der Waals surface area contributed by atoms with Crippen LogP contribution in [0.1, 0.15) is 50.0 Å². The SMILES string of the molecule is COc1ncnc(C(=O)C[C@H](C)c2ncc(C(=O)Nc3ccc(Cl)c(C(F)(F)F)c3)s2)c1Cl. The van der Waals surface area contributed by atoms with Crippen molar-refractivity contribution in [3.05, 3.63) is 61.9 Å². The lowest BCUT2D eigenvalue weighted by atomic mass is 10.0. The number of alkyl halides is 3. The Morgan fingerprint density at radius 3 is 2.61 bits per heavy atom. The van der Waals surface area contributed by atoms with Gasteiger partial charge in [0.25, 0.3) is 5.91 Å². The summed E-state index contributed by atoms with van der Waals surface area (Å²) in [5.74, 6) is -1.31. The molecule has 3 aromatic rings. The van der Waals surface area contributed by atoms with E-state index < -0.39 is 22.7 Å². The van der Waals surface area contributed by atoms with Crippen LogP contribution < -0.4 is 10.1 Å². The summed E-state index contributed by atoms with van der Waals surface area (Å²) in [6, 6.07) is 3.07. The lowest BCUT2D eigenvalue weighted by molar-refractivity contribution is -0.137. The summed E-state index contributed by atoms with van der Waals surface area (Å²) in [5.41, 5.74) is -1.12. The van der Waals surface area contributed by atoms with Gasteiger partial charge in [-0.25, -0.2) is 15.0 Å². The quantitative estimate of drug-likeness (QED) is 0.391. The number of methoxy groups -OCH3 is 1. The number of Topliss-reactive ketones (excluding diaryl/α,β-unsaturated/α-hetero) is 1. The molecule has 33 heavy (non-hydrogen) atoms. The van der Waals surface area contributed by atoms with Crippen LogP contribution in [0.25, 0.3) is 0 Å². The average Bonchev–Trinajstić information content (AvgIpc) is 3.25. The van der Waals surface area contributed by atoms with Crippen LogP contribution in [0.2, 0.25) is 10.0 Å². The third kappa shape index (κ3) is 5.79. The number of thiazole rings is 1. The number of amides is 1. The van der Waals surface area contributed by atoms with Gasteiger partial charge >= 0.3 is 6.18 Å². The van der Waals surface area contributed by atoms with E-state index in [1.807, 2.05) is 0 Å². The molecule has 0 aliphatic heterocycles. The smallest absolute Gasteiger partial charge is 0.417 e. The second kappa shape index (κ2) is 10.0. The Kier molecular flexibility index (Phi) is 7.55. The number of carbonyl (C=O) groups excluding carboxylic acids is 2. The highest BCUT2D eigenvalue weighted by atomic mass is 35.5. The average molecular weight is 519 g/mol. The number of nitrogens with zero attached hydrogens (tertiary/aromatic N) is 3. The van der Waals surface area contributed by atoms with Crippen LogP contribution in [0, 0.1) is 0 Å². The Labute approximate surface area is 199 Å². The number of carbonyl (C=O) groups is 2. The maximum atomic E-state index is 13.0. The van der Waals surface area contributed by atoms with Crippen LogP contribution in [0.3, 0.4) is 0 Å². The fourth-order valence-electron chi connectivity index (χ4n) is 2.79. The fourth-order valence-corrected chi connectivity index (χ4v) is 4.16. The molecule has 0 aliphatic rings. The molecule has 0 saturated carbocycles. The minimum atomic E-state index is -4.66. The normalized spacial score (nSPS) is 12.3. The predicted octanol–water partition coefficient (Wildman–Crippen LogP) is 5.90. The highest BCUT2D eigenvalue weighted by molar-refractivity contribution is 7.13. The summed E-state index contributed by atoms with van der Waals surface area (Å²) >= 11 is 12.7. The molecule has 2 aromatic heterocycles. The van der Waals surface area contributed by atoms with Crippen LogP contribution in [-0.2, 0) is 6.18 Å². The molecule has 7 nitrogen and oxygen atoms in total. The van der Waals surface area contributed by atoms with Gasteiger partial charge in [-0.15, -0.1) is 11.3 Å². The summed E-state index contributed by atoms with van der Waals surface area (Å²) in [7, 11) is 1.36. The van der Waals surface area contributed by atoms with Gasteiger partial charge < -0.3 is 10.1 Å². The fraction of sp³-hybridized carbons (Fsp3) is 0.250. The number of halogens is 5. The van der Waals surface area contributed by atoms with Crippen molar-refractivity contribution < 1.29 is 27.5 Å². The lowest BCUT2D eigenvalue weighted by Crippen LogP contribution is -2.12. The lowest BCUT2D eigenvalue weighted by Gasteiger charge is -2.11. The molecule has 0 fully saturated rings. The van der Waals surface area contributed by atoms with Crippen molar-refractivity contribution in [1.82, 2.24) is 15.0 Å². The Morgan fingerprint density at radius 2 is 1.94 bits per heavy atom. The maximum Gasteiger partial charge on any atom is 0.417 e. The molecule has 1 aromatic carbocycles. The Hall–Kier alpha value is -2.76. The standard InChI is InChI=1S/C20H15Cl2F3N4O3S/c1-9(5-13(30)16-15(22)18(32-2)28-8-27-16)19-26-7-14(33-19)17(31)29-10-3-4-12(21)11(6-10)20(23,24)25/h3-4,6-9H,5H2,1-2H3,(H,29,31)/t9-/m0/s1. The monoisotopic (exact) mass is 518 g/mol. The van der Waals surface area contributed by atoms with Gasteiger partial charge in [0.05, 0.1) is 28.9 Å². The molecule has 0 aliphatic carbocycles. The van der Waals surface area contributed by atoms with E-state index in [4.69, 9.17) is 27.9 Å². The highest BCUT2D eigenvalue weighted by Gasteiger charge is 2.33. The predicted molar refractivity (Wildman–Crippen MR) is 117 cm³/mol. The van der Waals surface area contributed by atoms with Crippen molar-refractivity contribution in [3.8, 4) is 5.88 Å². The Morgan fingerprint density at radius 1 is 1.21 bits per heavy atom. The van der Waals surface area contributed by atoms with Crippen molar-refractivity contribution in [2.24, 2.45) is 0 Å². The minimum absolute atomic E-state index is 0.000582. The molecule has 0 saturated heterocycles. The number of rotatable bonds is 7. The number of hydrogen-bond acceptors (Lipinski definition) is 7. The second-order valence-electron chi connectivity index (χ2n) is 6.78. The van der Waals surface area contributed by atoms with Crippen LogP contribution >= 0.6 is 34.5 Å². The van der Waals surface area contributed by atoms with Crippen molar-refractivity contribution >= 4 is 51.9 Å². The minimum Gasteiger partial charge on any atom is -0.480 e. The second-order valence-corrected chi connectivity index (χ2v) is 8.63. The molecule has 0 spiro atoms. The third-order valence-electron chi connectivity index (χ3n) is 4.41. The summed E-state index contributed by atoms with van der Waals surface area (Å²) in [5, 5.41) is 2.40. The first kappa shape index (κ1) is 24.9. The molecule has 3 rings (SSSR count). The molecule has 174 valence electrons. The van der Waals surface area contributed by atoms with Crippen molar-refractivity contribution in [1.29, 1.82) is 0 Å². The van der Waals surface area contributed by atoms with E-state index in [9.17, 15) is 22.8 Å². The topological polar surface area (TPSA) is 94.1 Å². The molecule has 0 unspecified atom stereocenters. The molecular formula is C20H15Cl2F3N4O3S. The van der Waals surface area contributed by atoms with Gasteiger partial charge in [0.2, 0.25) is 5.88 Å². The van der Waals surface area contributed by atoms with Crippen LogP contribution in [0.4, 0.5) is 18.9 Å². The summed E-state index contributed by atoms with van der Waals surface area (Å²) in [6.45, 7) is 1.74. The summed E-state index contributed by atoms with van der Waals surface area (Å²) < 4.78 is 44.0. The van der Waals surface area contributed by atoms with E-state index in [-0.39, 0.29) is 45.3 Å². The number of aromatic nitrogens is 3. The van der Waals surface area contributed by atoms with Gasteiger partial charge in [-0.1, -0.05) is 30.1 Å². The molecule has 0 bridgehead atoms. The van der Waals surface area contributed by atoms with Crippen molar-refractivity contribution in [2.45, 2.75) is 25.4 Å². The zero-order valence-corrected chi connectivity index (χ0v) is 19.4. The Balaban J connectivity index is 1.70. The van der Waals surface area contributed by atoms with Crippen LogP contribution in [0.5, 0.6) is 5.88 Å². The molecule has 1 atom stereocenters. The van der Waals surface area contributed by atoms with Crippen LogP contribution in [-0.4, -0.2) is 33.8 Å². The zero-order valence-electron chi connectivity index (χ0n) is 17.0. The van der Waals surface area contributed by atoms with E-state index in [1.54, 1.807) is 6.92 Å². The third-order valence-corrected chi connectivity index (χ3v) is 6.30. The molecule has 13 heteroatoms. The van der Waals surface area contributed by atoms with E-state index in [0.717, 1.165) is 29.8 Å². The molecule has 2 heterocycles. The van der Waals surface area contributed by atoms with Crippen molar-refractivity contribution in [3.63, 3.8) is 0 Å². The Bertz CT molecular complexity index is 1200. The van der Waals surface area contributed by atoms with Gasteiger partial charge in [0, 0.05) is 18.0 Å². The van der Waals surface area contributed by atoms with Crippen molar-refractivity contribution in [2.75, 3.05) is 12.4 Å².